The molecule has 0 aliphatic carbocycles. The molecule has 12 heteroatoms. The second-order valence-corrected chi connectivity index (χ2v) is 7.92. The van der Waals surface area contributed by atoms with Crippen molar-refractivity contribution in [3.63, 3.8) is 0 Å². The third-order valence-corrected chi connectivity index (χ3v) is 5.70. The van der Waals surface area contributed by atoms with Gasteiger partial charge in [0.25, 0.3) is 0 Å². The van der Waals surface area contributed by atoms with Crippen molar-refractivity contribution in [1.29, 1.82) is 0 Å². The highest BCUT2D eigenvalue weighted by molar-refractivity contribution is 5.59. The summed E-state index contributed by atoms with van der Waals surface area (Å²) in [5.74, 6) is 0.582. The Morgan fingerprint density at radius 1 is 0.946 bits per heavy atom. The molecule has 0 unspecified atom stereocenters. The molecule has 1 aromatic carbocycles. The summed E-state index contributed by atoms with van der Waals surface area (Å²) in [6.45, 7) is 7.99. The van der Waals surface area contributed by atoms with Crippen LogP contribution >= 0.6 is 0 Å². The van der Waals surface area contributed by atoms with Gasteiger partial charge in [-0.05, 0) is 43.3 Å². The molecule has 37 heavy (non-hydrogen) atoms. The number of rotatable bonds is 7. The van der Waals surface area contributed by atoms with Crippen LogP contribution in [0.25, 0.3) is 11.4 Å². The first kappa shape index (κ1) is 28.0. The number of pyridine rings is 1. The van der Waals surface area contributed by atoms with E-state index in [1.807, 2.05) is 25.7 Å². The molecule has 1 N–H and O–H groups in total. The lowest BCUT2D eigenvalue weighted by Gasteiger charge is -2.36. The number of halogens is 4. The molecule has 0 radical (unpaired) electrons. The van der Waals surface area contributed by atoms with Crippen molar-refractivity contribution in [3.8, 4) is 11.4 Å². The molecule has 8 nitrogen and oxygen atoms in total. The topological polar surface area (TPSA) is 81.5 Å². The van der Waals surface area contributed by atoms with Gasteiger partial charge in [0.2, 0.25) is 11.9 Å². The molecule has 3 heterocycles. The number of hydrogen-bond donors (Lipinski definition) is 1. The first-order valence-electron chi connectivity index (χ1n) is 12.2. The molecular formula is C25H31F4N7O. The van der Waals surface area contributed by atoms with Crippen LogP contribution in [0, 0.1) is 5.82 Å². The number of likely N-dealkylation sites (N-methyl/N-ethyl adjacent to an activating group) is 1. The van der Waals surface area contributed by atoms with E-state index in [1.165, 1.54) is 24.4 Å². The molecule has 1 aliphatic rings. The van der Waals surface area contributed by atoms with Crippen LogP contribution in [-0.4, -0.2) is 70.9 Å². The number of nitrogens with zero attached hydrogens (tertiary/aromatic N) is 7. The molecule has 0 amide bonds. The fourth-order valence-electron chi connectivity index (χ4n) is 3.87. The fourth-order valence-corrected chi connectivity index (χ4v) is 3.87. The van der Waals surface area contributed by atoms with Crippen molar-refractivity contribution in [2.75, 3.05) is 60.6 Å². The zero-order chi connectivity index (χ0) is 27.0. The van der Waals surface area contributed by atoms with Gasteiger partial charge in [0.05, 0.1) is 12.2 Å². The molecule has 200 valence electrons. The van der Waals surface area contributed by atoms with Gasteiger partial charge in [0.1, 0.15) is 11.6 Å². The number of anilines is 3. The van der Waals surface area contributed by atoms with Crippen molar-refractivity contribution in [2.45, 2.75) is 26.9 Å². The lowest BCUT2D eigenvalue weighted by molar-refractivity contribution is -0.137. The second-order valence-electron chi connectivity index (χ2n) is 7.92. The molecule has 0 bridgehead atoms. The average Bonchev–Trinajstić information content (AvgIpc) is 2.92. The van der Waals surface area contributed by atoms with Crippen LogP contribution in [0.3, 0.4) is 0 Å². The van der Waals surface area contributed by atoms with Gasteiger partial charge < -0.3 is 19.8 Å². The van der Waals surface area contributed by atoms with E-state index >= 15 is 0 Å². The molecule has 1 aliphatic heterocycles. The van der Waals surface area contributed by atoms with Crippen LogP contribution < -0.4 is 14.7 Å². The standard InChI is InChI=1S/C23H25F4N7O.C2H6/c1-2-32(14-15-35)21-29-19(16-5-7-17(24)8-6-16)30-22(31-21)34-12-10-33(11-13-34)20-18(23(25,26)27)4-3-9-28-20;1-2/h3-9,35H,2,10-15H2,1H3;1-2H3. The highest BCUT2D eigenvalue weighted by atomic mass is 19.4. The molecule has 1 fully saturated rings. The maximum absolute atomic E-state index is 13.4. The Kier molecular flexibility index (Phi) is 9.56. The predicted octanol–water partition coefficient (Wildman–Crippen LogP) is 4.26. The van der Waals surface area contributed by atoms with E-state index in [-0.39, 0.29) is 18.2 Å². The van der Waals surface area contributed by atoms with E-state index in [1.54, 1.807) is 21.9 Å². The van der Waals surface area contributed by atoms with Gasteiger partial charge in [0, 0.05) is 51.0 Å². The highest BCUT2D eigenvalue weighted by Crippen LogP contribution is 2.35. The van der Waals surface area contributed by atoms with Gasteiger partial charge in [-0.2, -0.15) is 28.1 Å². The molecule has 2 aromatic heterocycles. The van der Waals surface area contributed by atoms with Crippen molar-refractivity contribution in [1.82, 2.24) is 19.9 Å². The van der Waals surface area contributed by atoms with Gasteiger partial charge in [0.15, 0.2) is 5.82 Å². The van der Waals surface area contributed by atoms with Crippen LogP contribution in [0.15, 0.2) is 42.6 Å². The van der Waals surface area contributed by atoms with Gasteiger partial charge in [-0.25, -0.2) is 9.37 Å². The molecular weight excluding hydrogens is 490 g/mol. The first-order valence-corrected chi connectivity index (χ1v) is 12.2. The summed E-state index contributed by atoms with van der Waals surface area (Å²) in [7, 11) is 0. The Morgan fingerprint density at radius 2 is 1.59 bits per heavy atom. The fraction of sp³-hybridized carbons (Fsp3) is 0.440. The normalized spacial score (nSPS) is 13.7. The van der Waals surface area contributed by atoms with E-state index in [0.717, 1.165) is 6.07 Å². The van der Waals surface area contributed by atoms with Gasteiger partial charge >= 0.3 is 6.18 Å². The van der Waals surface area contributed by atoms with Gasteiger partial charge in [-0.3, -0.25) is 0 Å². The summed E-state index contributed by atoms with van der Waals surface area (Å²) in [6.07, 6.45) is -3.14. The molecule has 0 atom stereocenters. The minimum atomic E-state index is -4.50. The van der Waals surface area contributed by atoms with Gasteiger partial charge in [-0.15, -0.1) is 0 Å². The van der Waals surface area contributed by atoms with E-state index in [9.17, 15) is 22.7 Å². The third kappa shape index (κ3) is 6.82. The van der Waals surface area contributed by atoms with Crippen LogP contribution in [0.2, 0.25) is 0 Å². The number of piperazine rings is 1. The number of benzene rings is 1. The Morgan fingerprint density at radius 3 is 2.19 bits per heavy atom. The highest BCUT2D eigenvalue weighted by Gasteiger charge is 2.36. The lowest BCUT2D eigenvalue weighted by Crippen LogP contribution is -2.48. The lowest BCUT2D eigenvalue weighted by atomic mass is 10.2. The van der Waals surface area contributed by atoms with Crippen LogP contribution in [-0.2, 0) is 6.18 Å². The molecule has 3 aromatic rings. The molecule has 0 spiro atoms. The zero-order valence-corrected chi connectivity index (χ0v) is 21.1. The SMILES string of the molecule is CC.CCN(CCO)c1nc(-c2ccc(F)cc2)nc(N2CCN(c3ncccc3C(F)(F)F)CC2)n1. The number of alkyl halides is 3. The van der Waals surface area contributed by atoms with E-state index in [2.05, 4.69) is 19.9 Å². The van der Waals surface area contributed by atoms with Gasteiger partial charge in [-0.1, -0.05) is 13.8 Å². The second kappa shape index (κ2) is 12.6. The smallest absolute Gasteiger partial charge is 0.395 e. The maximum atomic E-state index is 13.4. The average molecular weight is 522 g/mol. The van der Waals surface area contributed by atoms with E-state index in [0.29, 0.717) is 62.6 Å². The van der Waals surface area contributed by atoms with E-state index < -0.39 is 11.7 Å². The summed E-state index contributed by atoms with van der Waals surface area (Å²) in [5.41, 5.74) is -0.171. The predicted molar refractivity (Wildman–Crippen MR) is 135 cm³/mol. The van der Waals surface area contributed by atoms with Crippen LogP contribution in [0.1, 0.15) is 26.3 Å². The zero-order valence-electron chi connectivity index (χ0n) is 21.1. The van der Waals surface area contributed by atoms with Crippen molar-refractivity contribution in [3.05, 3.63) is 54.0 Å². The Hall–Kier alpha value is -3.54. The van der Waals surface area contributed by atoms with Crippen molar-refractivity contribution >= 4 is 17.7 Å². The molecule has 0 saturated carbocycles. The summed E-state index contributed by atoms with van der Waals surface area (Å²) < 4.78 is 53.8. The molecule has 4 rings (SSSR count). The minimum absolute atomic E-state index is 0.0922. The summed E-state index contributed by atoms with van der Waals surface area (Å²) in [4.78, 5) is 22.9. The summed E-state index contributed by atoms with van der Waals surface area (Å²) >= 11 is 0. The number of hydrogen-bond acceptors (Lipinski definition) is 8. The number of aliphatic hydroxyl groups is 1. The van der Waals surface area contributed by atoms with Crippen LogP contribution in [0.4, 0.5) is 35.3 Å². The quantitative estimate of drug-likeness (QED) is 0.462. The van der Waals surface area contributed by atoms with Crippen molar-refractivity contribution < 1.29 is 22.7 Å². The first-order chi connectivity index (χ1) is 17.8. The van der Waals surface area contributed by atoms with Crippen molar-refractivity contribution in [2.24, 2.45) is 0 Å². The monoisotopic (exact) mass is 521 g/mol. The number of aromatic nitrogens is 4. The Bertz CT molecular complexity index is 1140. The Labute approximate surface area is 213 Å². The molecule has 1 saturated heterocycles. The summed E-state index contributed by atoms with van der Waals surface area (Å²) in [5, 5.41) is 9.42. The number of aliphatic hydroxyl groups excluding tert-OH is 1. The van der Waals surface area contributed by atoms with E-state index in [4.69, 9.17) is 0 Å². The minimum Gasteiger partial charge on any atom is -0.395 e. The third-order valence-electron chi connectivity index (χ3n) is 5.70. The largest absolute Gasteiger partial charge is 0.419 e. The summed E-state index contributed by atoms with van der Waals surface area (Å²) in [6, 6.07) is 8.07. The maximum Gasteiger partial charge on any atom is 0.419 e. The Balaban J connectivity index is 0.00000186. The van der Waals surface area contributed by atoms with Crippen LogP contribution in [0.5, 0.6) is 0 Å².